The van der Waals surface area contributed by atoms with Gasteiger partial charge in [-0.2, -0.15) is 0 Å². The lowest BCUT2D eigenvalue weighted by Gasteiger charge is -2.29. The van der Waals surface area contributed by atoms with E-state index in [-0.39, 0.29) is 28.5 Å². The summed E-state index contributed by atoms with van der Waals surface area (Å²) in [5.74, 6) is -2.50. The lowest BCUT2D eigenvalue weighted by Crippen LogP contribution is -2.32. The maximum absolute atomic E-state index is 14.6. The first-order valence-corrected chi connectivity index (χ1v) is 11.0. The molecule has 0 bridgehead atoms. The molecule has 0 unspecified atom stereocenters. The Labute approximate surface area is 215 Å². The number of halogens is 2. The predicted octanol–water partition coefficient (Wildman–Crippen LogP) is 6.17. The van der Waals surface area contributed by atoms with Crippen LogP contribution in [0, 0.1) is 11.7 Å². The standard InChI is InChI=1S/C25H30BrFN4O2/c1-25(2,3)33-23-12-18-21(13-22(23)32-14-16-7-9-31(4)10-8-16)28-15-29-24(18)30-20-6-5-17(26)11-19(20)27/h5-6,11-13,15-16H,7-10,14H2,1-4H3,(H,28,29,30)/i4D3,7D2,8D2,14D2. The first-order chi connectivity index (χ1) is 19.1. The number of nitrogens with zero attached hydrogens (tertiary/aromatic N) is 3. The molecule has 0 amide bonds. The molecule has 4 rings (SSSR count). The normalized spacial score (nSPS) is 23.5. The van der Waals surface area contributed by atoms with Crippen LogP contribution in [0.5, 0.6) is 11.5 Å². The minimum Gasteiger partial charge on any atom is -0.489 e. The number of anilines is 2. The average molecular weight is 526 g/mol. The van der Waals surface area contributed by atoms with Crippen molar-refractivity contribution in [2.45, 2.75) is 39.1 Å². The lowest BCUT2D eigenvalue weighted by molar-refractivity contribution is 0.116. The first kappa shape index (κ1) is 14.7. The Bertz CT molecular complexity index is 1470. The van der Waals surface area contributed by atoms with Crippen molar-refractivity contribution < 1.29 is 26.2 Å². The van der Waals surface area contributed by atoms with Crippen molar-refractivity contribution >= 4 is 38.3 Å². The van der Waals surface area contributed by atoms with Gasteiger partial charge in [-0.25, -0.2) is 14.4 Å². The number of nitrogens with one attached hydrogen (secondary N) is 1. The van der Waals surface area contributed by atoms with E-state index in [2.05, 4.69) is 31.2 Å². The van der Waals surface area contributed by atoms with E-state index in [0.717, 1.165) is 0 Å². The van der Waals surface area contributed by atoms with E-state index >= 15 is 0 Å². The Balaban J connectivity index is 1.77. The van der Waals surface area contributed by atoms with E-state index in [9.17, 15) is 4.39 Å². The first-order valence-electron chi connectivity index (χ1n) is 14.7. The third kappa shape index (κ3) is 6.12. The molecule has 0 aliphatic carbocycles. The molecule has 2 aromatic carbocycles. The van der Waals surface area contributed by atoms with Crippen molar-refractivity contribution in [3.8, 4) is 11.5 Å². The van der Waals surface area contributed by atoms with Gasteiger partial charge in [0.2, 0.25) is 0 Å². The van der Waals surface area contributed by atoms with Gasteiger partial charge < -0.3 is 19.7 Å². The highest BCUT2D eigenvalue weighted by Gasteiger charge is 2.21. The Hall–Kier alpha value is -2.45. The van der Waals surface area contributed by atoms with Gasteiger partial charge in [-0.1, -0.05) is 15.9 Å². The molecule has 8 heteroatoms. The quantitative estimate of drug-likeness (QED) is 0.415. The number of hydrogen-bond donors (Lipinski definition) is 1. The second kappa shape index (κ2) is 9.81. The summed E-state index contributed by atoms with van der Waals surface area (Å²) < 4.78 is 101. The lowest BCUT2D eigenvalue weighted by atomic mass is 9.98. The maximum atomic E-state index is 14.6. The maximum Gasteiger partial charge on any atom is 0.163 e. The van der Waals surface area contributed by atoms with Gasteiger partial charge in [0, 0.05) is 25.5 Å². The van der Waals surface area contributed by atoms with Crippen LogP contribution in [0.2, 0.25) is 0 Å². The number of fused-ring (bicyclic) bond motifs is 1. The summed E-state index contributed by atoms with van der Waals surface area (Å²) in [6.45, 7) is -1.95. The monoisotopic (exact) mass is 525 g/mol. The Morgan fingerprint density at radius 3 is 2.73 bits per heavy atom. The fraction of sp³-hybridized carbons (Fsp3) is 0.440. The Kier molecular flexibility index (Phi) is 4.38. The van der Waals surface area contributed by atoms with Crippen molar-refractivity contribution in [1.82, 2.24) is 14.9 Å². The number of benzene rings is 2. The number of hydrogen-bond acceptors (Lipinski definition) is 6. The van der Waals surface area contributed by atoms with Crippen LogP contribution in [0.15, 0.2) is 41.1 Å². The largest absolute Gasteiger partial charge is 0.489 e. The summed E-state index contributed by atoms with van der Waals surface area (Å²) in [5, 5.41) is 3.30. The molecule has 0 radical (unpaired) electrons. The van der Waals surface area contributed by atoms with Crippen molar-refractivity contribution in [2.24, 2.45) is 5.92 Å². The van der Waals surface area contributed by atoms with Crippen LogP contribution < -0.4 is 14.8 Å². The molecule has 33 heavy (non-hydrogen) atoms. The summed E-state index contributed by atoms with van der Waals surface area (Å²) in [4.78, 5) is 9.14. The highest BCUT2D eigenvalue weighted by atomic mass is 79.9. The van der Waals surface area contributed by atoms with E-state index in [1.165, 1.54) is 30.6 Å². The van der Waals surface area contributed by atoms with Crippen molar-refractivity contribution in [3.63, 3.8) is 0 Å². The van der Waals surface area contributed by atoms with Crippen LogP contribution in [-0.4, -0.2) is 47.1 Å². The second-order valence-electron chi connectivity index (χ2n) is 8.42. The molecule has 1 saturated heterocycles. The van der Waals surface area contributed by atoms with Crippen molar-refractivity contribution in [2.75, 3.05) is 31.9 Å². The van der Waals surface area contributed by atoms with E-state index < -0.39 is 56.7 Å². The van der Waals surface area contributed by atoms with E-state index in [0.29, 0.717) is 14.8 Å². The predicted molar refractivity (Wildman–Crippen MR) is 133 cm³/mol. The number of ether oxygens (including phenoxy) is 2. The van der Waals surface area contributed by atoms with Crippen LogP contribution in [-0.2, 0) is 0 Å². The van der Waals surface area contributed by atoms with Crippen LogP contribution >= 0.6 is 15.9 Å². The molecule has 1 N–H and O–H groups in total. The number of piperidine rings is 1. The summed E-state index contributed by atoms with van der Waals surface area (Å²) in [7, 11) is 0. The summed E-state index contributed by atoms with van der Waals surface area (Å²) in [6.07, 6.45) is -4.04. The Morgan fingerprint density at radius 1 is 1.24 bits per heavy atom. The van der Waals surface area contributed by atoms with Gasteiger partial charge >= 0.3 is 0 Å². The fourth-order valence-corrected chi connectivity index (χ4v) is 3.44. The van der Waals surface area contributed by atoms with Crippen LogP contribution in [0.25, 0.3) is 10.9 Å². The second-order valence-corrected chi connectivity index (χ2v) is 9.33. The molecular formula is C25H30BrFN4O2. The fourth-order valence-electron chi connectivity index (χ4n) is 3.11. The SMILES string of the molecule is [2H]C1([2H])CN(C([2H])([2H])[2H])CC([2H])([2H])C1C([2H])([2H])Oc1cc2ncnc(Nc3ccc(Br)cc3F)c2cc1OC(C)(C)C. The smallest absolute Gasteiger partial charge is 0.163 e. The minimum absolute atomic E-state index is 0.0223. The summed E-state index contributed by atoms with van der Waals surface area (Å²) >= 11 is 3.22. The van der Waals surface area contributed by atoms with E-state index in [1.807, 2.05) is 0 Å². The third-order valence-electron chi connectivity index (χ3n) is 4.56. The molecule has 3 aromatic rings. The zero-order chi connectivity index (χ0) is 31.5. The van der Waals surface area contributed by atoms with Crippen LogP contribution in [0.4, 0.5) is 15.9 Å². The highest BCUT2D eigenvalue weighted by molar-refractivity contribution is 9.10. The minimum atomic E-state index is -2.97. The zero-order valence-electron chi connectivity index (χ0n) is 27.4. The Morgan fingerprint density at radius 2 is 2.03 bits per heavy atom. The van der Waals surface area contributed by atoms with Gasteiger partial charge in [-0.05, 0) is 83.8 Å². The molecule has 1 fully saturated rings. The molecule has 6 nitrogen and oxygen atoms in total. The van der Waals surface area contributed by atoms with E-state index in [4.69, 9.17) is 21.8 Å². The van der Waals surface area contributed by atoms with Crippen LogP contribution in [0.1, 0.15) is 45.9 Å². The molecular weight excluding hydrogens is 487 g/mol. The summed E-state index contributed by atoms with van der Waals surface area (Å²) in [5.41, 5.74) is -0.422. The van der Waals surface area contributed by atoms with Gasteiger partial charge in [0.1, 0.15) is 23.6 Å². The topological polar surface area (TPSA) is 59.5 Å². The molecule has 1 aromatic heterocycles. The molecule has 176 valence electrons. The van der Waals surface area contributed by atoms with Crippen molar-refractivity contribution in [1.29, 1.82) is 0 Å². The van der Waals surface area contributed by atoms with Gasteiger partial charge in [-0.15, -0.1) is 0 Å². The average Bonchev–Trinajstić information content (AvgIpc) is 2.78. The highest BCUT2D eigenvalue weighted by Crippen LogP contribution is 2.37. The molecule has 0 spiro atoms. The van der Waals surface area contributed by atoms with Crippen LogP contribution in [0.3, 0.4) is 0 Å². The van der Waals surface area contributed by atoms with Gasteiger partial charge in [0.15, 0.2) is 11.5 Å². The van der Waals surface area contributed by atoms with Gasteiger partial charge in [0.05, 0.1) is 20.5 Å². The number of aromatic nitrogens is 2. The molecule has 1 aliphatic heterocycles. The van der Waals surface area contributed by atoms with Gasteiger partial charge in [-0.3, -0.25) is 0 Å². The molecule has 0 saturated carbocycles. The zero-order valence-corrected chi connectivity index (χ0v) is 20.0. The molecule has 2 heterocycles. The van der Waals surface area contributed by atoms with Gasteiger partial charge in [0.25, 0.3) is 0 Å². The van der Waals surface area contributed by atoms with Crippen molar-refractivity contribution in [3.05, 3.63) is 46.9 Å². The number of likely N-dealkylation sites (tertiary alicyclic amines) is 1. The summed E-state index contributed by atoms with van der Waals surface area (Å²) in [6, 6.07) is 7.28. The number of rotatable bonds is 6. The molecule has 1 aliphatic rings. The molecule has 0 atom stereocenters. The third-order valence-corrected chi connectivity index (χ3v) is 5.05. The van der Waals surface area contributed by atoms with E-state index in [1.54, 1.807) is 26.8 Å².